The second-order valence-corrected chi connectivity index (χ2v) is 13.2. The Hall–Kier alpha value is -1.81. The SMILES string of the molecule is CC1CC2CC(C)/C(=C(/c3ccc(Cl)cc3)c3ccc(OCCCCCCN4CCN(C)CC4)cc3)C(C1)C2. The summed E-state index contributed by atoms with van der Waals surface area (Å²) in [5.74, 6) is 4.02. The van der Waals surface area contributed by atoms with Gasteiger partial charge in [-0.2, -0.15) is 0 Å². The van der Waals surface area contributed by atoms with Crippen LogP contribution in [0.5, 0.6) is 5.75 Å². The van der Waals surface area contributed by atoms with E-state index in [1.807, 2.05) is 12.1 Å². The fourth-order valence-corrected chi connectivity index (χ4v) is 7.68. The molecule has 0 spiro atoms. The summed E-state index contributed by atoms with van der Waals surface area (Å²) in [5.41, 5.74) is 5.71. The number of rotatable bonds is 10. The van der Waals surface area contributed by atoms with Crippen molar-refractivity contribution in [2.24, 2.45) is 23.7 Å². The van der Waals surface area contributed by atoms with E-state index in [9.17, 15) is 0 Å². The van der Waals surface area contributed by atoms with Crippen molar-refractivity contribution in [3.8, 4) is 5.75 Å². The van der Waals surface area contributed by atoms with Crippen molar-refractivity contribution in [1.82, 2.24) is 9.80 Å². The number of benzene rings is 2. The van der Waals surface area contributed by atoms with Crippen LogP contribution in [-0.4, -0.2) is 56.2 Å². The van der Waals surface area contributed by atoms with Crippen LogP contribution in [0.15, 0.2) is 54.1 Å². The van der Waals surface area contributed by atoms with Gasteiger partial charge in [0.15, 0.2) is 0 Å². The molecule has 39 heavy (non-hydrogen) atoms. The lowest BCUT2D eigenvalue weighted by Gasteiger charge is -2.44. The summed E-state index contributed by atoms with van der Waals surface area (Å²) in [7, 11) is 2.22. The molecule has 3 fully saturated rings. The van der Waals surface area contributed by atoms with Gasteiger partial charge in [-0.15, -0.1) is 0 Å². The predicted octanol–water partition coefficient (Wildman–Crippen LogP) is 8.42. The minimum atomic E-state index is 0.624. The summed E-state index contributed by atoms with van der Waals surface area (Å²) in [6.45, 7) is 11.8. The summed E-state index contributed by atoms with van der Waals surface area (Å²) in [5, 5.41) is 0.800. The van der Waals surface area contributed by atoms with Gasteiger partial charge in [-0.25, -0.2) is 0 Å². The Kier molecular flexibility index (Phi) is 10.1. The highest BCUT2D eigenvalue weighted by molar-refractivity contribution is 6.30. The Bertz CT molecular complexity index is 1070. The van der Waals surface area contributed by atoms with Crippen LogP contribution in [0.3, 0.4) is 0 Å². The highest BCUT2D eigenvalue weighted by Gasteiger charge is 2.38. The van der Waals surface area contributed by atoms with Gasteiger partial charge in [0.25, 0.3) is 0 Å². The molecule has 3 nitrogen and oxygen atoms in total. The molecule has 0 radical (unpaired) electrons. The van der Waals surface area contributed by atoms with Crippen molar-refractivity contribution >= 4 is 17.2 Å². The molecule has 0 N–H and O–H groups in total. The van der Waals surface area contributed by atoms with E-state index in [1.165, 1.54) is 94.4 Å². The molecule has 1 saturated heterocycles. The number of ether oxygens (including phenoxy) is 1. The fraction of sp³-hybridized carbons (Fsp3) is 0.600. The maximum absolute atomic E-state index is 6.29. The number of hydrogen-bond acceptors (Lipinski definition) is 3. The molecular formula is C35H49ClN2O. The van der Waals surface area contributed by atoms with Crippen LogP contribution in [0.2, 0.25) is 5.02 Å². The van der Waals surface area contributed by atoms with E-state index in [0.29, 0.717) is 11.8 Å². The Morgan fingerprint density at radius 2 is 1.46 bits per heavy atom. The Morgan fingerprint density at radius 1 is 0.795 bits per heavy atom. The second kappa shape index (κ2) is 13.7. The number of unbranched alkanes of at least 4 members (excludes halogenated alkanes) is 3. The largest absolute Gasteiger partial charge is 0.494 e. The normalized spacial score (nSPS) is 27.4. The van der Waals surface area contributed by atoms with Crippen LogP contribution < -0.4 is 4.74 Å². The molecule has 212 valence electrons. The summed E-state index contributed by atoms with van der Waals surface area (Å²) in [4.78, 5) is 5.05. The Morgan fingerprint density at radius 3 is 2.18 bits per heavy atom. The van der Waals surface area contributed by atoms with E-state index in [2.05, 4.69) is 67.1 Å². The van der Waals surface area contributed by atoms with Crippen molar-refractivity contribution in [1.29, 1.82) is 0 Å². The zero-order chi connectivity index (χ0) is 27.2. The van der Waals surface area contributed by atoms with Gasteiger partial charge in [-0.3, -0.25) is 0 Å². The third-order valence-corrected chi connectivity index (χ3v) is 9.75. The van der Waals surface area contributed by atoms with Gasteiger partial charge in [-0.05, 0) is 117 Å². The van der Waals surface area contributed by atoms with Crippen LogP contribution in [0.1, 0.15) is 76.3 Å². The lowest BCUT2D eigenvalue weighted by molar-refractivity contribution is 0.151. The van der Waals surface area contributed by atoms with E-state index in [-0.39, 0.29) is 0 Å². The van der Waals surface area contributed by atoms with Crippen molar-refractivity contribution in [3.05, 3.63) is 70.3 Å². The molecule has 2 aromatic rings. The monoisotopic (exact) mass is 548 g/mol. The van der Waals surface area contributed by atoms with E-state index < -0.39 is 0 Å². The maximum Gasteiger partial charge on any atom is 0.119 e. The molecule has 1 heterocycles. The minimum Gasteiger partial charge on any atom is -0.494 e. The smallest absolute Gasteiger partial charge is 0.119 e. The molecule has 2 bridgehead atoms. The lowest BCUT2D eigenvalue weighted by atomic mass is 9.61. The average molecular weight is 549 g/mol. The lowest BCUT2D eigenvalue weighted by Crippen LogP contribution is -2.44. The zero-order valence-electron chi connectivity index (χ0n) is 24.5. The molecular weight excluding hydrogens is 500 g/mol. The van der Waals surface area contributed by atoms with E-state index in [4.69, 9.17) is 16.3 Å². The molecule has 0 aromatic heterocycles. The first kappa shape index (κ1) is 28.7. The number of likely N-dealkylation sites (N-methyl/N-ethyl adjacent to an activating group) is 1. The first-order valence-corrected chi connectivity index (χ1v) is 16.0. The quantitative estimate of drug-likeness (QED) is 0.277. The minimum absolute atomic E-state index is 0.624. The molecule has 3 aliphatic rings. The molecule has 1 aliphatic heterocycles. The summed E-state index contributed by atoms with van der Waals surface area (Å²) < 4.78 is 6.17. The molecule has 0 amide bonds. The van der Waals surface area contributed by atoms with Crippen LogP contribution in [0.4, 0.5) is 0 Å². The first-order chi connectivity index (χ1) is 19.0. The highest BCUT2D eigenvalue weighted by atomic mass is 35.5. The maximum atomic E-state index is 6.29. The number of nitrogens with zero attached hydrogens (tertiary/aromatic N) is 2. The fourth-order valence-electron chi connectivity index (χ4n) is 7.56. The van der Waals surface area contributed by atoms with Gasteiger partial charge in [0.05, 0.1) is 6.61 Å². The number of hydrogen-bond donors (Lipinski definition) is 0. The van der Waals surface area contributed by atoms with E-state index >= 15 is 0 Å². The topological polar surface area (TPSA) is 15.7 Å². The standard InChI is InChI=1S/C35H49ClN2O/c1-26-22-28-24-27(2)34(31(23-26)25-28)35(29-8-12-32(36)13-9-29)30-10-14-33(15-11-30)39-21-7-5-4-6-16-38-19-17-37(3)18-20-38/h8-15,26-28,31H,4-7,16-25H2,1-3H3/b35-34+. The van der Waals surface area contributed by atoms with Crippen molar-refractivity contribution < 1.29 is 4.74 Å². The third-order valence-electron chi connectivity index (χ3n) is 9.50. The van der Waals surface area contributed by atoms with Crippen LogP contribution in [0, 0.1) is 23.7 Å². The third kappa shape index (κ3) is 7.69. The van der Waals surface area contributed by atoms with E-state index in [1.54, 1.807) is 5.57 Å². The van der Waals surface area contributed by atoms with Gasteiger partial charge in [-0.1, -0.05) is 68.1 Å². The predicted molar refractivity (Wildman–Crippen MR) is 166 cm³/mol. The first-order valence-electron chi connectivity index (χ1n) is 15.6. The van der Waals surface area contributed by atoms with Gasteiger partial charge < -0.3 is 14.5 Å². The number of allylic oxidation sites excluding steroid dienone is 1. The van der Waals surface area contributed by atoms with Gasteiger partial charge >= 0.3 is 0 Å². The average Bonchev–Trinajstić information content (AvgIpc) is 2.92. The van der Waals surface area contributed by atoms with Gasteiger partial charge in [0.2, 0.25) is 0 Å². The Balaban J connectivity index is 1.19. The second-order valence-electron chi connectivity index (χ2n) is 12.8. The molecule has 2 aromatic carbocycles. The van der Waals surface area contributed by atoms with Crippen molar-refractivity contribution in [3.63, 3.8) is 0 Å². The molecule has 5 rings (SSSR count). The zero-order valence-corrected chi connectivity index (χ0v) is 25.3. The molecule has 4 unspecified atom stereocenters. The molecule has 2 saturated carbocycles. The van der Waals surface area contributed by atoms with Crippen LogP contribution >= 0.6 is 11.6 Å². The molecule has 4 atom stereocenters. The molecule has 4 heteroatoms. The number of piperazine rings is 1. The number of halogens is 1. The summed E-state index contributed by atoms with van der Waals surface area (Å²) in [6.07, 6.45) is 10.4. The van der Waals surface area contributed by atoms with Gasteiger partial charge in [0.1, 0.15) is 5.75 Å². The van der Waals surface area contributed by atoms with Crippen molar-refractivity contribution in [2.45, 2.75) is 65.2 Å². The summed E-state index contributed by atoms with van der Waals surface area (Å²) >= 11 is 6.29. The molecule has 2 aliphatic carbocycles. The van der Waals surface area contributed by atoms with Crippen LogP contribution in [0.25, 0.3) is 5.57 Å². The highest BCUT2D eigenvalue weighted by Crippen LogP contribution is 2.51. The Labute approximate surface area is 242 Å². The van der Waals surface area contributed by atoms with E-state index in [0.717, 1.165) is 35.6 Å². The summed E-state index contributed by atoms with van der Waals surface area (Å²) in [6, 6.07) is 17.4. The van der Waals surface area contributed by atoms with Gasteiger partial charge in [0, 0.05) is 31.2 Å². The van der Waals surface area contributed by atoms with Crippen LogP contribution in [-0.2, 0) is 0 Å². The number of fused-ring (bicyclic) bond motifs is 2. The van der Waals surface area contributed by atoms with Crippen molar-refractivity contribution in [2.75, 3.05) is 46.4 Å².